The van der Waals surface area contributed by atoms with E-state index in [0.29, 0.717) is 12.8 Å². The lowest BCUT2D eigenvalue weighted by Gasteiger charge is -2.40. The molecule has 7 unspecified atom stereocenters. The van der Waals surface area contributed by atoms with E-state index in [4.69, 9.17) is 9.47 Å². The number of hydrogen-bond donors (Lipinski definition) is 6. The van der Waals surface area contributed by atoms with E-state index < -0.39 is 49.5 Å². The van der Waals surface area contributed by atoms with E-state index >= 15 is 0 Å². The predicted molar refractivity (Wildman–Crippen MR) is 212 cm³/mol. The van der Waals surface area contributed by atoms with Crippen LogP contribution in [0.4, 0.5) is 0 Å². The van der Waals surface area contributed by atoms with E-state index in [9.17, 15) is 30.3 Å². The van der Waals surface area contributed by atoms with E-state index in [1.54, 1.807) is 0 Å². The molecule has 0 aromatic heterocycles. The Kier molecular flexibility index (Phi) is 32.0. The third-order valence-corrected chi connectivity index (χ3v) is 10.3. The van der Waals surface area contributed by atoms with Gasteiger partial charge in [0, 0.05) is 6.42 Å². The Labute approximate surface area is 318 Å². The van der Waals surface area contributed by atoms with Crippen LogP contribution >= 0.6 is 0 Å². The lowest BCUT2D eigenvalue weighted by molar-refractivity contribution is -0.302. The maximum atomic E-state index is 12.9. The molecule has 52 heavy (non-hydrogen) atoms. The van der Waals surface area contributed by atoms with Gasteiger partial charge in [-0.1, -0.05) is 167 Å². The molecule has 1 fully saturated rings. The Balaban J connectivity index is 2.31. The van der Waals surface area contributed by atoms with Gasteiger partial charge in [0.2, 0.25) is 5.91 Å². The van der Waals surface area contributed by atoms with Crippen molar-refractivity contribution in [3.05, 3.63) is 24.3 Å². The molecule has 1 rings (SSSR count). The molecule has 306 valence electrons. The van der Waals surface area contributed by atoms with E-state index in [0.717, 1.165) is 44.9 Å². The number of aliphatic hydroxyl groups is 5. The maximum Gasteiger partial charge on any atom is 0.220 e. The number of aliphatic hydroxyl groups excluding tert-OH is 5. The minimum Gasteiger partial charge on any atom is -0.394 e. The van der Waals surface area contributed by atoms with Gasteiger partial charge in [-0.05, 0) is 38.5 Å². The van der Waals surface area contributed by atoms with Gasteiger partial charge in [0.05, 0.1) is 25.4 Å². The van der Waals surface area contributed by atoms with Crippen LogP contribution in [0.1, 0.15) is 187 Å². The Morgan fingerprint density at radius 2 is 1.12 bits per heavy atom. The number of allylic oxidation sites excluding steroid dienone is 4. The molecule has 0 spiro atoms. The first-order valence-corrected chi connectivity index (χ1v) is 21.6. The van der Waals surface area contributed by atoms with Crippen molar-refractivity contribution in [3.8, 4) is 0 Å². The van der Waals surface area contributed by atoms with Gasteiger partial charge in [-0.15, -0.1) is 0 Å². The molecule has 0 aliphatic carbocycles. The summed E-state index contributed by atoms with van der Waals surface area (Å²) < 4.78 is 11.2. The molecular weight excluding hydrogens is 658 g/mol. The smallest absolute Gasteiger partial charge is 0.220 e. The van der Waals surface area contributed by atoms with Crippen molar-refractivity contribution in [1.29, 1.82) is 0 Å². The summed E-state index contributed by atoms with van der Waals surface area (Å²) in [5.41, 5.74) is 0. The van der Waals surface area contributed by atoms with E-state index in [-0.39, 0.29) is 12.5 Å². The Morgan fingerprint density at radius 3 is 1.65 bits per heavy atom. The topological polar surface area (TPSA) is 149 Å². The highest BCUT2D eigenvalue weighted by atomic mass is 16.7. The fourth-order valence-electron chi connectivity index (χ4n) is 6.80. The average Bonchev–Trinajstić information content (AvgIpc) is 3.14. The molecule has 1 amide bonds. The van der Waals surface area contributed by atoms with E-state index in [1.807, 2.05) is 0 Å². The number of amides is 1. The first-order chi connectivity index (χ1) is 25.3. The number of carbonyl (C=O) groups excluding carboxylic acids is 1. The molecule has 1 saturated heterocycles. The number of ether oxygens (including phenoxy) is 2. The highest BCUT2D eigenvalue weighted by molar-refractivity contribution is 5.76. The van der Waals surface area contributed by atoms with Crippen LogP contribution in [-0.2, 0) is 14.3 Å². The van der Waals surface area contributed by atoms with Crippen LogP contribution in [0, 0.1) is 0 Å². The second-order valence-electron chi connectivity index (χ2n) is 15.2. The summed E-state index contributed by atoms with van der Waals surface area (Å²) in [6.07, 6.45) is 31.8. The summed E-state index contributed by atoms with van der Waals surface area (Å²) in [7, 11) is 0. The zero-order chi connectivity index (χ0) is 38.1. The van der Waals surface area contributed by atoms with Crippen LogP contribution in [0.5, 0.6) is 0 Å². The molecule has 7 atom stereocenters. The van der Waals surface area contributed by atoms with Crippen molar-refractivity contribution in [2.75, 3.05) is 13.2 Å². The quantitative estimate of drug-likeness (QED) is 0.0281. The number of nitrogens with one attached hydrogen (secondary N) is 1. The van der Waals surface area contributed by atoms with Gasteiger partial charge in [-0.25, -0.2) is 0 Å². The molecule has 0 bridgehead atoms. The fraction of sp³-hybridized carbons (Fsp3) is 0.884. The van der Waals surface area contributed by atoms with Crippen LogP contribution in [0.3, 0.4) is 0 Å². The highest BCUT2D eigenvalue weighted by Crippen LogP contribution is 2.23. The molecule has 0 aromatic rings. The zero-order valence-electron chi connectivity index (χ0n) is 33.3. The minimum absolute atomic E-state index is 0.138. The van der Waals surface area contributed by atoms with Gasteiger partial charge in [0.25, 0.3) is 0 Å². The second-order valence-corrected chi connectivity index (χ2v) is 15.2. The summed E-state index contributed by atoms with van der Waals surface area (Å²) in [6.45, 7) is 3.77. The van der Waals surface area contributed by atoms with Gasteiger partial charge in [0.15, 0.2) is 6.29 Å². The summed E-state index contributed by atoms with van der Waals surface area (Å²) in [6, 6.07) is -0.716. The molecule has 1 heterocycles. The summed E-state index contributed by atoms with van der Waals surface area (Å²) in [5.74, 6) is -0.151. The van der Waals surface area contributed by atoms with Gasteiger partial charge >= 0.3 is 0 Å². The third-order valence-electron chi connectivity index (χ3n) is 10.3. The molecule has 0 saturated carbocycles. The summed E-state index contributed by atoms with van der Waals surface area (Å²) in [4.78, 5) is 12.9. The first kappa shape index (κ1) is 48.7. The molecule has 0 aromatic carbocycles. The predicted octanol–water partition coefficient (Wildman–Crippen LogP) is 8.33. The lowest BCUT2D eigenvalue weighted by Crippen LogP contribution is -2.60. The molecule has 9 nitrogen and oxygen atoms in total. The third kappa shape index (κ3) is 24.9. The SMILES string of the molecule is CCCCC/C=C\C=C/CCCCCCCCCCCCC(=O)NC(COC1OC(CO)C(O)C(O)C1O)C(O)CCCCCCCCCCCC. The van der Waals surface area contributed by atoms with Crippen molar-refractivity contribution < 1.29 is 39.8 Å². The van der Waals surface area contributed by atoms with E-state index in [2.05, 4.69) is 43.5 Å². The van der Waals surface area contributed by atoms with Gasteiger partial charge in [-0.2, -0.15) is 0 Å². The Hall–Kier alpha value is -1.33. The number of rotatable bonds is 35. The average molecular weight is 740 g/mol. The molecule has 9 heteroatoms. The van der Waals surface area contributed by atoms with Crippen LogP contribution in [0.15, 0.2) is 24.3 Å². The van der Waals surface area contributed by atoms with Gasteiger partial charge in [-0.3, -0.25) is 4.79 Å². The van der Waals surface area contributed by atoms with Gasteiger partial charge < -0.3 is 40.3 Å². The zero-order valence-corrected chi connectivity index (χ0v) is 33.3. The van der Waals surface area contributed by atoms with Crippen LogP contribution in [-0.4, -0.2) is 87.5 Å². The van der Waals surface area contributed by atoms with Crippen molar-refractivity contribution in [2.24, 2.45) is 0 Å². The monoisotopic (exact) mass is 740 g/mol. The van der Waals surface area contributed by atoms with Crippen molar-refractivity contribution in [1.82, 2.24) is 5.32 Å². The van der Waals surface area contributed by atoms with Crippen LogP contribution in [0.25, 0.3) is 0 Å². The number of unbranched alkanes of at least 4 members (excludes halogenated alkanes) is 22. The number of carbonyl (C=O) groups is 1. The molecular formula is C43H81NO8. The molecule has 0 radical (unpaired) electrons. The molecule has 1 aliphatic heterocycles. The minimum atomic E-state index is -1.55. The van der Waals surface area contributed by atoms with Crippen molar-refractivity contribution in [2.45, 2.75) is 230 Å². The largest absolute Gasteiger partial charge is 0.394 e. The van der Waals surface area contributed by atoms with Crippen molar-refractivity contribution in [3.63, 3.8) is 0 Å². The molecule has 6 N–H and O–H groups in total. The number of hydrogen-bond acceptors (Lipinski definition) is 8. The lowest BCUT2D eigenvalue weighted by atomic mass is 9.99. The Morgan fingerprint density at radius 1 is 0.654 bits per heavy atom. The van der Waals surface area contributed by atoms with E-state index in [1.165, 1.54) is 116 Å². The van der Waals surface area contributed by atoms with Crippen molar-refractivity contribution >= 4 is 5.91 Å². The summed E-state index contributed by atoms with van der Waals surface area (Å²) in [5, 5.41) is 54.1. The van der Waals surface area contributed by atoms with Crippen LogP contribution < -0.4 is 5.32 Å². The Bertz CT molecular complexity index is 868. The highest BCUT2D eigenvalue weighted by Gasteiger charge is 2.44. The first-order valence-electron chi connectivity index (χ1n) is 21.6. The fourth-order valence-corrected chi connectivity index (χ4v) is 6.80. The van der Waals surface area contributed by atoms with Crippen LogP contribution in [0.2, 0.25) is 0 Å². The second kappa shape index (κ2) is 34.2. The molecule has 1 aliphatic rings. The summed E-state index contributed by atoms with van der Waals surface area (Å²) >= 11 is 0. The normalized spacial score (nSPS) is 22.0. The van der Waals surface area contributed by atoms with Gasteiger partial charge in [0.1, 0.15) is 24.4 Å². The standard InChI is InChI=1S/C43H81NO8/c1-3-5-7-9-11-13-15-16-17-18-19-20-21-22-23-25-27-29-31-33-39(47)44-36(35-51-43-42(50)41(49)40(48)38(34-45)52-43)37(46)32-30-28-26-24-14-12-10-8-6-4-2/h11,13,15-16,36-38,40-43,45-46,48-50H,3-10,12,14,17-35H2,1-2H3,(H,44,47)/b13-11-,16-15-. The maximum absolute atomic E-state index is 12.9.